The summed E-state index contributed by atoms with van der Waals surface area (Å²) in [7, 11) is 1.16. The SMILES string of the molecule is C/C=C(/OCC(=O)CC)[C@@H](OC(=O)CC)[C@H](OC(=O)CC)[C@@H](OC(=O)CC)[C@H](O)OC. The van der Waals surface area contributed by atoms with E-state index in [0.29, 0.717) is 0 Å². The highest BCUT2D eigenvalue weighted by Gasteiger charge is 2.44. The second kappa shape index (κ2) is 15.4. The van der Waals surface area contributed by atoms with Crippen LogP contribution in [-0.2, 0) is 42.9 Å². The number of esters is 3. The molecule has 31 heavy (non-hydrogen) atoms. The van der Waals surface area contributed by atoms with Gasteiger partial charge in [0.25, 0.3) is 0 Å². The van der Waals surface area contributed by atoms with Gasteiger partial charge < -0.3 is 28.8 Å². The fraction of sp³-hybridized carbons (Fsp3) is 0.714. The summed E-state index contributed by atoms with van der Waals surface area (Å²) in [5.41, 5.74) is 0. The minimum Gasteiger partial charge on any atom is -0.486 e. The van der Waals surface area contributed by atoms with E-state index in [4.69, 9.17) is 23.7 Å². The Kier molecular flexibility index (Phi) is 14.1. The number of Topliss-reactive ketones (excluding diaryl/α,β-unsaturated/α-hetero) is 1. The van der Waals surface area contributed by atoms with E-state index in [1.54, 1.807) is 27.7 Å². The second-order valence-corrected chi connectivity index (χ2v) is 6.38. The minimum atomic E-state index is -1.71. The molecule has 0 aromatic rings. The van der Waals surface area contributed by atoms with E-state index in [1.807, 2.05) is 0 Å². The molecule has 0 amide bonds. The van der Waals surface area contributed by atoms with E-state index in [9.17, 15) is 24.3 Å². The van der Waals surface area contributed by atoms with Crippen LogP contribution < -0.4 is 0 Å². The van der Waals surface area contributed by atoms with Crippen LogP contribution in [0.2, 0.25) is 0 Å². The quantitative estimate of drug-likeness (QED) is 0.172. The summed E-state index contributed by atoms with van der Waals surface area (Å²) in [6.07, 6.45) is -4.57. The maximum atomic E-state index is 12.1. The summed E-state index contributed by atoms with van der Waals surface area (Å²) in [6, 6.07) is 0. The van der Waals surface area contributed by atoms with Crippen LogP contribution >= 0.6 is 0 Å². The molecule has 0 aromatic carbocycles. The predicted molar refractivity (Wildman–Crippen MR) is 109 cm³/mol. The summed E-state index contributed by atoms with van der Waals surface area (Å²) >= 11 is 0. The zero-order valence-corrected chi connectivity index (χ0v) is 19.0. The summed E-state index contributed by atoms with van der Waals surface area (Å²) in [5.74, 6) is -2.29. The van der Waals surface area contributed by atoms with E-state index in [0.717, 1.165) is 7.11 Å². The van der Waals surface area contributed by atoms with E-state index in [-0.39, 0.29) is 43.8 Å². The number of carbonyl (C=O) groups is 4. The third kappa shape index (κ3) is 9.93. The highest BCUT2D eigenvalue weighted by Crippen LogP contribution is 2.24. The summed E-state index contributed by atoms with van der Waals surface area (Å²) in [6.45, 7) is 7.56. The molecule has 0 fully saturated rings. The number of aliphatic hydroxyl groups excluding tert-OH is 1. The zero-order valence-electron chi connectivity index (χ0n) is 19.0. The molecule has 0 spiro atoms. The first-order valence-corrected chi connectivity index (χ1v) is 10.3. The molecule has 0 bridgehead atoms. The number of aliphatic hydroxyl groups is 1. The van der Waals surface area contributed by atoms with Crippen molar-refractivity contribution in [3.05, 3.63) is 11.8 Å². The smallest absolute Gasteiger partial charge is 0.306 e. The fourth-order valence-electron chi connectivity index (χ4n) is 2.30. The standard InChI is InChI=1S/C21H34O10/c1-7-13(22)12-28-14(8-2)18(29-15(23)9-3)19(30-16(24)10-4)20(21(26)27-6)31-17(25)11-5/h8,18-21,26H,7,9-12H2,1-6H3/b14-8+/t18-,19+,20-,21-/m1/s1. The Bertz CT molecular complexity index is 628. The van der Waals surface area contributed by atoms with E-state index < -0.39 is 42.5 Å². The molecule has 0 heterocycles. The highest BCUT2D eigenvalue weighted by atomic mass is 16.7. The van der Waals surface area contributed by atoms with Crippen molar-refractivity contribution in [2.75, 3.05) is 13.7 Å². The van der Waals surface area contributed by atoms with Crippen molar-refractivity contribution < 1.29 is 48.0 Å². The molecule has 0 saturated carbocycles. The average molecular weight is 446 g/mol. The van der Waals surface area contributed by atoms with Crippen LogP contribution in [0.15, 0.2) is 11.8 Å². The maximum Gasteiger partial charge on any atom is 0.306 e. The van der Waals surface area contributed by atoms with Crippen LogP contribution in [0.1, 0.15) is 60.3 Å². The molecule has 0 aliphatic rings. The first-order chi connectivity index (χ1) is 14.7. The Morgan fingerprint density at radius 3 is 1.71 bits per heavy atom. The van der Waals surface area contributed by atoms with Gasteiger partial charge in [-0.15, -0.1) is 0 Å². The minimum absolute atomic E-state index is 0.00152. The number of hydrogen-bond acceptors (Lipinski definition) is 10. The average Bonchev–Trinajstić information content (AvgIpc) is 2.79. The molecule has 0 aliphatic heterocycles. The van der Waals surface area contributed by atoms with Gasteiger partial charge in [-0.2, -0.15) is 0 Å². The van der Waals surface area contributed by atoms with Crippen LogP contribution in [0.3, 0.4) is 0 Å². The van der Waals surface area contributed by atoms with Crippen molar-refractivity contribution in [3.63, 3.8) is 0 Å². The van der Waals surface area contributed by atoms with E-state index in [2.05, 4.69) is 0 Å². The van der Waals surface area contributed by atoms with Gasteiger partial charge in [-0.05, 0) is 13.0 Å². The van der Waals surface area contributed by atoms with Crippen LogP contribution in [0.5, 0.6) is 0 Å². The molecule has 10 heteroatoms. The van der Waals surface area contributed by atoms with Crippen molar-refractivity contribution >= 4 is 23.7 Å². The molecule has 0 aromatic heterocycles. The highest BCUT2D eigenvalue weighted by molar-refractivity contribution is 5.79. The molecule has 0 rings (SSSR count). The Morgan fingerprint density at radius 2 is 1.29 bits per heavy atom. The Hall–Kier alpha value is -2.46. The predicted octanol–water partition coefficient (Wildman–Crippen LogP) is 1.82. The molecule has 0 saturated heterocycles. The molecular weight excluding hydrogens is 412 g/mol. The number of carbonyl (C=O) groups excluding carboxylic acids is 4. The lowest BCUT2D eigenvalue weighted by Crippen LogP contribution is -2.52. The second-order valence-electron chi connectivity index (χ2n) is 6.38. The van der Waals surface area contributed by atoms with Crippen molar-refractivity contribution in [3.8, 4) is 0 Å². The lowest BCUT2D eigenvalue weighted by atomic mass is 10.0. The van der Waals surface area contributed by atoms with Gasteiger partial charge in [-0.25, -0.2) is 0 Å². The van der Waals surface area contributed by atoms with E-state index >= 15 is 0 Å². The Balaban J connectivity index is 6.31. The van der Waals surface area contributed by atoms with Gasteiger partial charge in [0.15, 0.2) is 30.4 Å². The fourth-order valence-corrected chi connectivity index (χ4v) is 2.30. The molecular formula is C21H34O10. The monoisotopic (exact) mass is 446 g/mol. The summed E-state index contributed by atoms with van der Waals surface area (Å²) < 4.78 is 26.5. The molecule has 0 unspecified atom stereocenters. The number of ether oxygens (including phenoxy) is 5. The molecule has 10 nitrogen and oxygen atoms in total. The third-order valence-corrected chi connectivity index (χ3v) is 4.16. The Morgan fingerprint density at radius 1 is 0.806 bits per heavy atom. The largest absolute Gasteiger partial charge is 0.486 e. The van der Waals surface area contributed by atoms with Gasteiger partial charge in [0.2, 0.25) is 0 Å². The van der Waals surface area contributed by atoms with Crippen LogP contribution in [-0.4, -0.2) is 67.1 Å². The normalized spacial score (nSPS) is 15.3. The van der Waals surface area contributed by atoms with Gasteiger partial charge in [0.05, 0.1) is 0 Å². The summed E-state index contributed by atoms with van der Waals surface area (Å²) in [5, 5.41) is 10.3. The van der Waals surface area contributed by atoms with Crippen LogP contribution in [0.25, 0.3) is 0 Å². The van der Waals surface area contributed by atoms with Gasteiger partial charge in [0.1, 0.15) is 12.4 Å². The van der Waals surface area contributed by atoms with Crippen LogP contribution in [0.4, 0.5) is 0 Å². The van der Waals surface area contributed by atoms with Gasteiger partial charge in [-0.1, -0.05) is 27.7 Å². The molecule has 4 atom stereocenters. The van der Waals surface area contributed by atoms with Gasteiger partial charge >= 0.3 is 17.9 Å². The Labute approximate surface area is 182 Å². The molecule has 178 valence electrons. The number of hydrogen-bond donors (Lipinski definition) is 1. The van der Waals surface area contributed by atoms with Crippen LogP contribution in [0, 0.1) is 0 Å². The number of allylic oxidation sites excluding steroid dienone is 1. The van der Waals surface area contributed by atoms with Crippen molar-refractivity contribution in [2.24, 2.45) is 0 Å². The molecule has 0 aliphatic carbocycles. The third-order valence-electron chi connectivity index (χ3n) is 4.16. The first-order valence-electron chi connectivity index (χ1n) is 10.3. The zero-order chi connectivity index (χ0) is 24.0. The number of rotatable bonds is 15. The van der Waals surface area contributed by atoms with Gasteiger partial charge in [0, 0.05) is 32.8 Å². The van der Waals surface area contributed by atoms with E-state index in [1.165, 1.54) is 13.0 Å². The van der Waals surface area contributed by atoms with Gasteiger partial charge in [-0.3, -0.25) is 19.2 Å². The summed E-state index contributed by atoms with van der Waals surface area (Å²) in [4.78, 5) is 48.0. The van der Waals surface area contributed by atoms with Crippen molar-refractivity contribution in [1.29, 1.82) is 0 Å². The number of methoxy groups -OCH3 is 1. The molecule has 0 radical (unpaired) electrons. The lowest BCUT2D eigenvalue weighted by Gasteiger charge is -2.34. The molecule has 1 N–H and O–H groups in total. The number of ketones is 1. The topological polar surface area (TPSA) is 135 Å². The lowest BCUT2D eigenvalue weighted by molar-refractivity contribution is -0.223. The first kappa shape index (κ1) is 28.5. The van der Waals surface area contributed by atoms with Crippen molar-refractivity contribution in [2.45, 2.75) is 84.9 Å². The van der Waals surface area contributed by atoms with Crippen molar-refractivity contribution in [1.82, 2.24) is 0 Å². The maximum absolute atomic E-state index is 12.1.